The summed E-state index contributed by atoms with van der Waals surface area (Å²) in [5.74, 6) is -1.03. The first kappa shape index (κ1) is 12.0. The average molecular weight is 214 g/mol. The molecule has 2 N–H and O–H groups in total. The number of amides is 1. The first-order chi connectivity index (χ1) is 6.96. The Balaban J connectivity index is 2.61. The van der Waals surface area contributed by atoms with E-state index < -0.39 is 11.4 Å². The molecule has 1 amide bonds. The first-order valence-corrected chi connectivity index (χ1v) is 5.14. The summed E-state index contributed by atoms with van der Waals surface area (Å²) in [6.45, 7) is 3.34. The van der Waals surface area contributed by atoms with E-state index >= 15 is 0 Å². The van der Waals surface area contributed by atoms with E-state index in [0.717, 1.165) is 25.9 Å². The van der Waals surface area contributed by atoms with Crippen molar-refractivity contribution >= 4 is 11.9 Å². The molecule has 15 heavy (non-hydrogen) atoms. The van der Waals surface area contributed by atoms with E-state index in [4.69, 9.17) is 5.11 Å². The lowest BCUT2D eigenvalue weighted by atomic mass is 9.80. The molecule has 0 saturated carbocycles. The SMILES string of the molecule is CN(CC(=O)O)C(=O)C1(C)CCNCC1. The largest absolute Gasteiger partial charge is 0.480 e. The van der Waals surface area contributed by atoms with Crippen LogP contribution >= 0.6 is 0 Å². The molecular formula is C10H18N2O3. The van der Waals surface area contributed by atoms with Crippen LogP contribution < -0.4 is 5.32 Å². The molecular weight excluding hydrogens is 196 g/mol. The number of carboxylic acid groups (broad SMARTS) is 1. The summed E-state index contributed by atoms with van der Waals surface area (Å²) in [6.07, 6.45) is 1.55. The van der Waals surface area contributed by atoms with Gasteiger partial charge in [-0.2, -0.15) is 0 Å². The Morgan fingerprint density at radius 2 is 1.93 bits per heavy atom. The van der Waals surface area contributed by atoms with Crippen molar-refractivity contribution in [2.45, 2.75) is 19.8 Å². The van der Waals surface area contributed by atoms with Crippen molar-refractivity contribution in [3.8, 4) is 0 Å². The van der Waals surface area contributed by atoms with Gasteiger partial charge >= 0.3 is 5.97 Å². The molecule has 86 valence electrons. The van der Waals surface area contributed by atoms with Crippen molar-refractivity contribution in [3.63, 3.8) is 0 Å². The maximum atomic E-state index is 12.0. The summed E-state index contributed by atoms with van der Waals surface area (Å²) in [4.78, 5) is 23.8. The molecule has 0 unspecified atom stereocenters. The molecule has 0 radical (unpaired) electrons. The minimum atomic E-state index is -0.969. The molecule has 0 spiro atoms. The highest BCUT2D eigenvalue weighted by atomic mass is 16.4. The van der Waals surface area contributed by atoms with Gasteiger partial charge in [0.15, 0.2) is 0 Å². The number of hydrogen-bond donors (Lipinski definition) is 2. The fourth-order valence-electron chi connectivity index (χ4n) is 1.93. The van der Waals surface area contributed by atoms with Crippen LogP contribution in [0.2, 0.25) is 0 Å². The minimum Gasteiger partial charge on any atom is -0.480 e. The van der Waals surface area contributed by atoms with Crippen LogP contribution in [-0.2, 0) is 9.59 Å². The number of aliphatic carboxylic acids is 1. The molecule has 0 bridgehead atoms. The molecule has 0 aromatic heterocycles. The zero-order valence-corrected chi connectivity index (χ0v) is 9.25. The van der Waals surface area contributed by atoms with Crippen LogP contribution in [0.3, 0.4) is 0 Å². The van der Waals surface area contributed by atoms with Gasteiger partial charge in [0.25, 0.3) is 0 Å². The number of nitrogens with one attached hydrogen (secondary N) is 1. The third kappa shape index (κ3) is 2.92. The van der Waals surface area contributed by atoms with Crippen molar-refractivity contribution in [3.05, 3.63) is 0 Å². The van der Waals surface area contributed by atoms with Crippen molar-refractivity contribution in [2.75, 3.05) is 26.7 Å². The molecule has 1 heterocycles. The molecule has 0 aromatic rings. The predicted molar refractivity (Wildman–Crippen MR) is 55.5 cm³/mol. The number of nitrogens with zero attached hydrogens (tertiary/aromatic N) is 1. The third-order valence-corrected chi connectivity index (χ3v) is 2.94. The van der Waals surface area contributed by atoms with Gasteiger partial charge in [-0.15, -0.1) is 0 Å². The second-order valence-electron chi connectivity index (χ2n) is 4.37. The normalized spacial score (nSPS) is 19.6. The van der Waals surface area contributed by atoms with Crippen LogP contribution in [0.5, 0.6) is 0 Å². The topological polar surface area (TPSA) is 69.6 Å². The summed E-state index contributed by atoms with van der Waals surface area (Å²) >= 11 is 0. The van der Waals surface area contributed by atoms with Gasteiger partial charge in [-0.05, 0) is 25.9 Å². The molecule has 5 heteroatoms. The van der Waals surface area contributed by atoms with E-state index in [0.29, 0.717) is 0 Å². The minimum absolute atomic E-state index is 0.0635. The smallest absolute Gasteiger partial charge is 0.323 e. The van der Waals surface area contributed by atoms with Gasteiger partial charge in [-0.3, -0.25) is 9.59 Å². The Labute approximate surface area is 89.4 Å². The Kier molecular flexibility index (Phi) is 3.68. The average Bonchev–Trinajstić information content (AvgIpc) is 2.16. The molecule has 0 aliphatic carbocycles. The van der Waals surface area contributed by atoms with Gasteiger partial charge in [-0.1, -0.05) is 6.92 Å². The summed E-state index contributed by atoms with van der Waals surface area (Å²) in [7, 11) is 1.55. The monoisotopic (exact) mass is 214 g/mol. The fourth-order valence-corrected chi connectivity index (χ4v) is 1.93. The van der Waals surface area contributed by atoms with Gasteiger partial charge in [-0.25, -0.2) is 0 Å². The standard InChI is InChI=1S/C10H18N2O3/c1-10(3-5-11-6-4-10)9(15)12(2)7-8(13)14/h11H,3-7H2,1-2H3,(H,13,14). The van der Waals surface area contributed by atoms with Gasteiger partial charge in [0, 0.05) is 12.5 Å². The molecule has 0 atom stereocenters. The molecule has 5 nitrogen and oxygen atoms in total. The number of carboxylic acids is 1. The van der Waals surface area contributed by atoms with E-state index in [2.05, 4.69) is 5.32 Å². The second kappa shape index (κ2) is 4.61. The van der Waals surface area contributed by atoms with Gasteiger partial charge in [0.05, 0.1) is 0 Å². The first-order valence-electron chi connectivity index (χ1n) is 5.14. The molecule has 1 aliphatic heterocycles. The van der Waals surface area contributed by atoms with Crippen LogP contribution in [0.15, 0.2) is 0 Å². The van der Waals surface area contributed by atoms with Crippen molar-refractivity contribution < 1.29 is 14.7 Å². The number of carbonyl (C=O) groups is 2. The quantitative estimate of drug-likeness (QED) is 0.689. The third-order valence-electron chi connectivity index (χ3n) is 2.94. The van der Waals surface area contributed by atoms with Gasteiger partial charge in [0.1, 0.15) is 6.54 Å². The molecule has 0 aromatic carbocycles. The highest BCUT2D eigenvalue weighted by Gasteiger charge is 2.36. The molecule has 1 aliphatic rings. The Hall–Kier alpha value is -1.10. The van der Waals surface area contributed by atoms with E-state index in [1.807, 2.05) is 6.92 Å². The summed E-state index contributed by atoms with van der Waals surface area (Å²) in [5.41, 5.74) is -0.393. The Morgan fingerprint density at radius 1 is 1.40 bits per heavy atom. The number of likely N-dealkylation sites (N-methyl/N-ethyl adjacent to an activating group) is 1. The Morgan fingerprint density at radius 3 is 2.40 bits per heavy atom. The maximum Gasteiger partial charge on any atom is 0.323 e. The highest BCUT2D eigenvalue weighted by Crippen LogP contribution is 2.29. The van der Waals surface area contributed by atoms with E-state index in [9.17, 15) is 9.59 Å². The number of rotatable bonds is 3. The van der Waals surface area contributed by atoms with Crippen molar-refractivity contribution in [2.24, 2.45) is 5.41 Å². The number of piperidine rings is 1. The van der Waals surface area contributed by atoms with E-state index in [1.165, 1.54) is 4.90 Å². The van der Waals surface area contributed by atoms with Crippen LogP contribution in [0.25, 0.3) is 0 Å². The van der Waals surface area contributed by atoms with Gasteiger partial charge < -0.3 is 15.3 Å². The van der Waals surface area contributed by atoms with Crippen LogP contribution in [0, 0.1) is 5.41 Å². The lowest BCUT2D eigenvalue weighted by Gasteiger charge is -2.35. The lowest BCUT2D eigenvalue weighted by Crippen LogP contribution is -2.47. The summed E-state index contributed by atoms with van der Waals surface area (Å²) < 4.78 is 0. The predicted octanol–water partition coefficient (Wildman–Crippen LogP) is -0.0809. The zero-order chi connectivity index (χ0) is 11.5. The number of hydrogen-bond acceptors (Lipinski definition) is 3. The van der Waals surface area contributed by atoms with E-state index in [-0.39, 0.29) is 12.5 Å². The van der Waals surface area contributed by atoms with Crippen LogP contribution in [0.4, 0.5) is 0 Å². The highest BCUT2D eigenvalue weighted by molar-refractivity contribution is 5.85. The summed E-state index contributed by atoms with van der Waals surface area (Å²) in [6, 6.07) is 0. The van der Waals surface area contributed by atoms with Gasteiger partial charge in [0.2, 0.25) is 5.91 Å². The zero-order valence-electron chi connectivity index (χ0n) is 9.25. The van der Waals surface area contributed by atoms with Crippen molar-refractivity contribution in [1.82, 2.24) is 10.2 Å². The van der Waals surface area contributed by atoms with Crippen LogP contribution in [0.1, 0.15) is 19.8 Å². The molecule has 1 rings (SSSR count). The summed E-state index contributed by atoms with van der Waals surface area (Å²) in [5, 5.41) is 11.8. The Bertz CT molecular complexity index is 259. The molecule has 1 saturated heterocycles. The lowest BCUT2D eigenvalue weighted by molar-refractivity contribution is -0.148. The van der Waals surface area contributed by atoms with Crippen molar-refractivity contribution in [1.29, 1.82) is 0 Å². The second-order valence-corrected chi connectivity index (χ2v) is 4.37. The number of carbonyl (C=O) groups excluding carboxylic acids is 1. The molecule has 1 fully saturated rings. The fraction of sp³-hybridized carbons (Fsp3) is 0.800. The van der Waals surface area contributed by atoms with E-state index in [1.54, 1.807) is 7.05 Å². The maximum absolute atomic E-state index is 12.0. The van der Waals surface area contributed by atoms with Crippen LogP contribution in [-0.4, -0.2) is 48.6 Å².